The average Bonchev–Trinajstić information content (AvgIpc) is 2.68. The minimum Gasteiger partial charge on any atom is -0.405 e. The number of piperidine rings is 1. The van der Waals surface area contributed by atoms with Crippen molar-refractivity contribution in [1.82, 2.24) is 10.3 Å². The third kappa shape index (κ3) is 5.48. The number of ether oxygens (including phenoxy) is 1. The van der Waals surface area contributed by atoms with Crippen molar-refractivity contribution in [1.29, 1.82) is 0 Å². The van der Waals surface area contributed by atoms with E-state index in [1.807, 2.05) is 6.07 Å². The van der Waals surface area contributed by atoms with Crippen LogP contribution >= 0.6 is 15.9 Å². The normalized spacial score (nSPS) is 22.2. The van der Waals surface area contributed by atoms with E-state index in [2.05, 4.69) is 43.2 Å². The number of alkyl halides is 3. The SMILES string of the molecule is C[C@H]1CC[C@](CNc2ccc(Br)cn2)(C(=O)c2ccccc2OC(F)(F)F)NC1. The zero-order chi connectivity index (χ0) is 21.1. The van der Waals surface area contributed by atoms with E-state index in [4.69, 9.17) is 0 Å². The molecule has 0 unspecified atom stereocenters. The molecule has 1 saturated heterocycles. The highest BCUT2D eigenvalue weighted by molar-refractivity contribution is 9.10. The molecule has 2 aromatic rings. The van der Waals surface area contributed by atoms with E-state index in [0.29, 0.717) is 24.7 Å². The van der Waals surface area contributed by atoms with E-state index in [0.717, 1.165) is 17.0 Å². The molecular weight excluding hydrogens is 451 g/mol. The molecule has 9 heteroatoms. The molecule has 0 spiro atoms. The van der Waals surface area contributed by atoms with Gasteiger partial charge in [0.15, 0.2) is 5.78 Å². The van der Waals surface area contributed by atoms with Crippen LogP contribution in [0.3, 0.4) is 0 Å². The van der Waals surface area contributed by atoms with Crippen molar-refractivity contribution in [2.75, 3.05) is 18.4 Å². The Morgan fingerprint density at radius 1 is 1.34 bits per heavy atom. The number of halogens is 4. The van der Waals surface area contributed by atoms with Gasteiger partial charge < -0.3 is 15.4 Å². The second-order valence-electron chi connectivity index (χ2n) is 7.20. The Morgan fingerprint density at radius 2 is 2.10 bits per heavy atom. The molecule has 0 amide bonds. The number of para-hydroxylation sites is 1. The zero-order valence-electron chi connectivity index (χ0n) is 15.7. The third-order valence-corrected chi connectivity index (χ3v) is 5.41. The largest absolute Gasteiger partial charge is 0.573 e. The predicted octanol–water partition coefficient (Wildman–Crippen LogP) is 4.80. The number of carbonyl (C=O) groups is 1. The number of hydrogen-bond acceptors (Lipinski definition) is 5. The van der Waals surface area contributed by atoms with Crippen LogP contribution in [0.2, 0.25) is 0 Å². The van der Waals surface area contributed by atoms with Crippen LogP contribution in [0.1, 0.15) is 30.1 Å². The van der Waals surface area contributed by atoms with Gasteiger partial charge in [-0.05, 0) is 65.5 Å². The molecule has 5 nitrogen and oxygen atoms in total. The quantitative estimate of drug-likeness (QED) is 0.592. The molecule has 156 valence electrons. The molecule has 3 rings (SSSR count). The van der Waals surface area contributed by atoms with Gasteiger partial charge in [-0.25, -0.2) is 4.98 Å². The summed E-state index contributed by atoms with van der Waals surface area (Å²) < 4.78 is 43.3. The second kappa shape index (κ2) is 8.71. The number of aromatic nitrogens is 1. The van der Waals surface area contributed by atoms with Crippen molar-refractivity contribution in [3.63, 3.8) is 0 Å². The molecule has 1 aromatic carbocycles. The first-order valence-corrected chi connectivity index (χ1v) is 9.98. The van der Waals surface area contributed by atoms with Crippen molar-refractivity contribution >= 4 is 27.5 Å². The molecule has 0 bridgehead atoms. The number of ketones is 1. The maximum absolute atomic E-state index is 13.4. The van der Waals surface area contributed by atoms with Gasteiger partial charge in [0, 0.05) is 17.2 Å². The summed E-state index contributed by atoms with van der Waals surface area (Å²) in [6.07, 6.45) is -2.00. The first-order chi connectivity index (χ1) is 13.7. The maximum atomic E-state index is 13.4. The van der Waals surface area contributed by atoms with Crippen LogP contribution in [-0.2, 0) is 0 Å². The van der Waals surface area contributed by atoms with Crippen molar-refractivity contribution < 1.29 is 22.7 Å². The van der Waals surface area contributed by atoms with Gasteiger partial charge in [0.05, 0.1) is 11.1 Å². The first-order valence-electron chi connectivity index (χ1n) is 9.18. The Balaban J connectivity index is 1.88. The topological polar surface area (TPSA) is 63.2 Å². The number of nitrogens with zero attached hydrogens (tertiary/aromatic N) is 1. The van der Waals surface area contributed by atoms with E-state index in [9.17, 15) is 18.0 Å². The van der Waals surface area contributed by atoms with Crippen LogP contribution in [0.25, 0.3) is 0 Å². The fourth-order valence-electron chi connectivity index (χ4n) is 3.33. The Labute approximate surface area is 175 Å². The van der Waals surface area contributed by atoms with E-state index >= 15 is 0 Å². The first kappa shape index (κ1) is 21.6. The number of pyridine rings is 1. The summed E-state index contributed by atoms with van der Waals surface area (Å²) >= 11 is 3.31. The maximum Gasteiger partial charge on any atom is 0.573 e. The van der Waals surface area contributed by atoms with Crippen molar-refractivity contribution in [3.05, 3.63) is 52.6 Å². The average molecular weight is 472 g/mol. The minimum absolute atomic E-state index is 0.0996. The molecule has 1 aliphatic rings. The summed E-state index contributed by atoms with van der Waals surface area (Å²) in [5, 5.41) is 6.40. The van der Waals surface area contributed by atoms with Crippen LogP contribution in [-0.4, -0.2) is 35.8 Å². The Bertz CT molecular complexity index is 851. The van der Waals surface area contributed by atoms with Gasteiger partial charge in [-0.2, -0.15) is 0 Å². The van der Waals surface area contributed by atoms with Crippen LogP contribution in [0.5, 0.6) is 5.75 Å². The number of benzene rings is 1. The summed E-state index contributed by atoms with van der Waals surface area (Å²) in [5.74, 6) is 0.00412. The lowest BCUT2D eigenvalue weighted by Gasteiger charge is -2.39. The minimum atomic E-state index is -4.88. The summed E-state index contributed by atoms with van der Waals surface area (Å²) in [6, 6.07) is 9.03. The lowest BCUT2D eigenvalue weighted by Crippen LogP contribution is -2.60. The summed E-state index contributed by atoms with van der Waals surface area (Å²) in [7, 11) is 0. The molecule has 1 aromatic heterocycles. The Kier molecular flexibility index (Phi) is 6.48. The molecule has 1 fully saturated rings. The smallest absolute Gasteiger partial charge is 0.405 e. The molecule has 2 atom stereocenters. The van der Waals surface area contributed by atoms with Crippen molar-refractivity contribution in [2.45, 2.75) is 31.7 Å². The lowest BCUT2D eigenvalue weighted by atomic mass is 9.79. The fraction of sp³-hybridized carbons (Fsp3) is 0.400. The number of hydrogen-bond donors (Lipinski definition) is 2. The molecule has 29 heavy (non-hydrogen) atoms. The summed E-state index contributed by atoms with van der Waals surface area (Å²) in [6.45, 7) is 2.84. The predicted molar refractivity (Wildman–Crippen MR) is 107 cm³/mol. The molecule has 1 aliphatic heterocycles. The monoisotopic (exact) mass is 471 g/mol. The summed E-state index contributed by atoms with van der Waals surface area (Å²) in [5.41, 5.74) is -1.16. The van der Waals surface area contributed by atoms with Crippen molar-refractivity contribution in [2.24, 2.45) is 5.92 Å². The van der Waals surface area contributed by atoms with Gasteiger partial charge in [0.2, 0.25) is 0 Å². The van der Waals surface area contributed by atoms with E-state index < -0.39 is 23.4 Å². The standard InChI is InChI=1S/C20H21BrF3N3O2/c1-13-8-9-19(27-10-13,12-26-17-7-6-14(21)11-25-17)18(28)15-4-2-3-5-16(15)29-20(22,23)24/h2-7,11,13,27H,8-10,12H2,1H3,(H,25,26)/t13-,19-/m0/s1. The molecule has 0 aliphatic carbocycles. The van der Waals surface area contributed by atoms with Crippen LogP contribution in [0.4, 0.5) is 19.0 Å². The Morgan fingerprint density at radius 3 is 2.72 bits per heavy atom. The highest BCUT2D eigenvalue weighted by atomic mass is 79.9. The number of Topliss-reactive ketones (excluding diaryl/α,β-unsaturated/α-hetero) is 1. The third-order valence-electron chi connectivity index (χ3n) is 4.94. The van der Waals surface area contributed by atoms with Gasteiger partial charge in [0.1, 0.15) is 11.6 Å². The molecule has 2 N–H and O–H groups in total. The number of nitrogens with one attached hydrogen (secondary N) is 2. The lowest BCUT2D eigenvalue weighted by molar-refractivity contribution is -0.274. The second-order valence-corrected chi connectivity index (χ2v) is 8.11. The van der Waals surface area contributed by atoms with E-state index in [1.54, 1.807) is 12.3 Å². The molecule has 0 radical (unpaired) electrons. The number of carbonyl (C=O) groups excluding carboxylic acids is 1. The van der Waals surface area contributed by atoms with Gasteiger partial charge in [-0.15, -0.1) is 13.2 Å². The molecular formula is C20H21BrF3N3O2. The van der Waals surface area contributed by atoms with Gasteiger partial charge in [-0.3, -0.25) is 4.79 Å². The highest BCUT2D eigenvalue weighted by Crippen LogP contribution is 2.33. The van der Waals surface area contributed by atoms with Gasteiger partial charge in [0.25, 0.3) is 0 Å². The summed E-state index contributed by atoms with van der Waals surface area (Å²) in [4.78, 5) is 17.7. The van der Waals surface area contributed by atoms with Crippen LogP contribution < -0.4 is 15.4 Å². The number of rotatable bonds is 6. The molecule has 2 heterocycles. The van der Waals surface area contributed by atoms with E-state index in [-0.39, 0.29) is 12.1 Å². The highest BCUT2D eigenvalue weighted by Gasteiger charge is 2.43. The van der Waals surface area contributed by atoms with Gasteiger partial charge in [-0.1, -0.05) is 19.1 Å². The van der Waals surface area contributed by atoms with Crippen molar-refractivity contribution in [3.8, 4) is 5.75 Å². The Hall–Kier alpha value is -2.13. The fourth-order valence-corrected chi connectivity index (χ4v) is 3.56. The van der Waals surface area contributed by atoms with Crippen LogP contribution in [0, 0.1) is 5.92 Å². The van der Waals surface area contributed by atoms with E-state index in [1.165, 1.54) is 18.2 Å². The van der Waals surface area contributed by atoms with Gasteiger partial charge >= 0.3 is 6.36 Å². The zero-order valence-corrected chi connectivity index (χ0v) is 17.3. The number of anilines is 1. The molecule has 0 saturated carbocycles. The van der Waals surface area contributed by atoms with Crippen LogP contribution in [0.15, 0.2) is 47.1 Å².